The SMILES string of the molecule is O=C(NC1CC(C(=O)O)CN(C2CCC2)C1)OCc1ccccc1. The first kappa shape index (κ1) is 16.8. The number of alkyl carbamates (subject to hydrolysis) is 1. The molecule has 2 fully saturated rings. The summed E-state index contributed by atoms with van der Waals surface area (Å²) in [4.78, 5) is 25.6. The summed E-state index contributed by atoms with van der Waals surface area (Å²) in [6, 6.07) is 9.78. The van der Waals surface area contributed by atoms with Gasteiger partial charge in [0.2, 0.25) is 0 Å². The number of piperidine rings is 1. The fraction of sp³-hybridized carbons (Fsp3) is 0.556. The third-order valence-electron chi connectivity index (χ3n) is 4.95. The third kappa shape index (κ3) is 4.26. The second-order valence-electron chi connectivity index (χ2n) is 6.71. The molecule has 2 unspecified atom stereocenters. The Labute approximate surface area is 141 Å². The minimum Gasteiger partial charge on any atom is -0.481 e. The van der Waals surface area contributed by atoms with Crippen LogP contribution in [0.1, 0.15) is 31.2 Å². The molecule has 3 rings (SSSR count). The number of rotatable bonds is 5. The van der Waals surface area contributed by atoms with E-state index in [9.17, 15) is 14.7 Å². The summed E-state index contributed by atoms with van der Waals surface area (Å²) in [6.45, 7) is 1.50. The summed E-state index contributed by atoms with van der Waals surface area (Å²) in [5.41, 5.74) is 0.927. The van der Waals surface area contributed by atoms with Crippen LogP contribution in [-0.4, -0.2) is 47.2 Å². The maximum absolute atomic E-state index is 12.0. The molecule has 1 aromatic carbocycles. The molecular weight excluding hydrogens is 308 g/mol. The molecule has 2 aliphatic rings. The first-order valence-electron chi connectivity index (χ1n) is 8.56. The molecule has 6 heteroatoms. The second-order valence-corrected chi connectivity index (χ2v) is 6.71. The number of amides is 1. The van der Waals surface area contributed by atoms with Gasteiger partial charge >= 0.3 is 12.1 Å². The van der Waals surface area contributed by atoms with E-state index in [4.69, 9.17) is 4.74 Å². The second kappa shape index (κ2) is 7.66. The van der Waals surface area contributed by atoms with Crippen molar-refractivity contribution in [3.05, 3.63) is 35.9 Å². The molecule has 24 heavy (non-hydrogen) atoms. The van der Waals surface area contributed by atoms with Crippen molar-refractivity contribution in [3.63, 3.8) is 0 Å². The Bertz CT molecular complexity index is 574. The van der Waals surface area contributed by atoms with E-state index in [1.807, 2.05) is 30.3 Å². The van der Waals surface area contributed by atoms with E-state index in [2.05, 4.69) is 10.2 Å². The summed E-state index contributed by atoms with van der Waals surface area (Å²) in [6.07, 6.45) is 3.42. The van der Waals surface area contributed by atoms with E-state index in [1.54, 1.807) is 0 Å². The molecule has 2 N–H and O–H groups in total. The van der Waals surface area contributed by atoms with Crippen molar-refractivity contribution >= 4 is 12.1 Å². The molecule has 1 aliphatic heterocycles. The third-order valence-corrected chi connectivity index (χ3v) is 4.95. The highest BCUT2D eigenvalue weighted by molar-refractivity contribution is 5.71. The van der Waals surface area contributed by atoms with Gasteiger partial charge in [-0.2, -0.15) is 0 Å². The molecule has 0 spiro atoms. The Kier molecular flexibility index (Phi) is 5.35. The first-order chi connectivity index (χ1) is 11.6. The zero-order valence-corrected chi connectivity index (χ0v) is 13.7. The van der Waals surface area contributed by atoms with Gasteiger partial charge < -0.3 is 15.2 Å². The molecule has 1 aliphatic carbocycles. The van der Waals surface area contributed by atoms with Crippen LogP contribution in [-0.2, 0) is 16.1 Å². The van der Waals surface area contributed by atoms with E-state index < -0.39 is 18.0 Å². The molecular formula is C18H24N2O4. The van der Waals surface area contributed by atoms with E-state index >= 15 is 0 Å². The monoisotopic (exact) mass is 332 g/mol. The molecule has 1 heterocycles. The number of carbonyl (C=O) groups is 2. The average Bonchev–Trinajstić information content (AvgIpc) is 2.52. The molecule has 1 saturated carbocycles. The number of hydrogen-bond donors (Lipinski definition) is 2. The van der Waals surface area contributed by atoms with Crippen LogP contribution in [0, 0.1) is 5.92 Å². The lowest BCUT2D eigenvalue weighted by molar-refractivity contribution is -0.144. The van der Waals surface area contributed by atoms with Crippen LogP contribution < -0.4 is 5.32 Å². The van der Waals surface area contributed by atoms with Gasteiger partial charge in [0.15, 0.2) is 0 Å². The maximum atomic E-state index is 12.0. The summed E-state index contributed by atoms with van der Waals surface area (Å²) >= 11 is 0. The number of aliphatic carboxylic acids is 1. The van der Waals surface area contributed by atoms with Crippen molar-refractivity contribution in [3.8, 4) is 0 Å². The fourth-order valence-corrected chi connectivity index (χ4v) is 3.40. The molecule has 1 saturated heterocycles. The molecule has 2 atom stereocenters. The van der Waals surface area contributed by atoms with Crippen molar-refractivity contribution in [2.24, 2.45) is 5.92 Å². The largest absolute Gasteiger partial charge is 0.481 e. The van der Waals surface area contributed by atoms with Crippen LogP contribution in [0.25, 0.3) is 0 Å². The number of nitrogens with zero attached hydrogens (tertiary/aromatic N) is 1. The minimum absolute atomic E-state index is 0.177. The topological polar surface area (TPSA) is 78.9 Å². The zero-order chi connectivity index (χ0) is 16.9. The normalized spacial score (nSPS) is 24.8. The van der Waals surface area contributed by atoms with Crippen molar-refractivity contribution < 1.29 is 19.4 Å². The zero-order valence-electron chi connectivity index (χ0n) is 13.7. The lowest BCUT2D eigenvalue weighted by Crippen LogP contribution is -2.56. The molecule has 0 bridgehead atoms. The highest BCUT2D eigenvalue weighted by Gasteiger charge is 2.37. The van der Waals surface area contributed by atoms with Crippen LogP contribution in [0.4, 0.5) is 4.79 Å². The van der Waals surface area contributed by atoms with Crippen molar-refractivity contribution in [2.45, 2.75) is 44.4 Å². The Morgan fingerprint density at radius 1 is 1.21 bits per heavy atom. The van der Waals surface area contributed by atoms with Gasteiger partial charge in [-0.25, -0.2) is 4.79 Å². The number of benzene rings is 1. The van der Waals surface area contributed by atoms with Crippen LogP contribution >= 0.6 is 0 Å². The van der Waals surface area contributed by atoms with Crippen molar-refractivity contribution in [1.29, 1.82) is 0 Å². The smallest absolute Gasteiger partial charge is 0.407 e. The van der Waals surface area contributed by atoms with E-state index in [1.165, 1.54) is 6.42 Å². The van der Waals surface area contributed by atoms with Crippen LogP contribution in [0.2, 0.25) is 0 Å². The van der Waals surface area contributed by atoms with Crippen LogP contribution in [0.5, 0.6) is 0 Å². The van der Waals surface area contributed by atoms with Gasteiger partial charge in [-0.3, -0.25) is 9.69 Å². The van der Waals surface area contributed by atoms with E-state index in [0.29, 0.717) is 25.6 Å². The van der Waals surface area contributed by atoms with Gasteiger partial charge in [-0.1, -0.05) is 36.8 Å². The number of carbonyl (C=O) groups excluding carboxylic acids is 1. The van der Waals surface area contributed by atoms with Crippen LogP contribution in [0.3, 0.4) is 0 Å². The van der Waals surface area contributed by atoms with Crippen molar-refractivity contribution in [2.75, 3.05) is 13.1 Å². The first-order valence-corrected chi connectivity index (χ1v) is 8.56. The molecule has 1 amide bonds. The van der Waals surface area contributed by atoms with Gasteiger partial charge in [0, 0.05) is 25.2 Å². The van der Waals surface area contributed by atoms with Gasteiger partial charge in [0.05, 0.1) is 5.92 Å². The van der Waals surface area contributed by atoms with Gasteiger partial charge in [0.25, 0.3) is 0 Å². The number of carboxylic acids is 1. The Hall–Kier alpha value is -2.08. The number of ether oxygens (including phenoxy) is 1. The lowest BCUT2D eigenvalue weighted by Gasteiger charge is -2.44. The molecule has 0 radical (unpaired) electrons. The summed E-state index contributed by atoms with van der Waals surface area (Å²) < 4.78 is 5.25. The van der Waals surface area contributed by atoms with E-state index in [0.717, 1.165) is 18.4 Å². The summed E-state index contributed by atoms with van der Waals surface area (Å²) in [5.74, 6) is -1.22. The highest BCUT2D eigenvalue weighted by atomic mass is 16.5. The predicted molar refractivity (Wildman–Crippen MR) is 88.5 cm³/mol. The molecule has 6 nitrogen and oxygen atoms in total. The average molecular weight is 332 g/mol. The lowest BCUT2D eigenvalue weighted by atomic mass is 9.86. The summed E-state index contributed by atoms with van der Waals surface area (Å²) in [7, 11) is 0. The number of hydrogen-bond acceptors (Lipinski definition) is 4. The predicted octanol–water partition coefficient (Wildman–Crippen LogP) is 2.24. The quantitative estimate of drug-likeness (QED) is 0.864. The van der Waals surface area contributed by atoms with Gasteiger partial charge in [-0.15, -0.1) is 0 Å². The van der Waals surface area contributed by atoms with Gasteiger partial charge in [-0.05, 0) is 24.8 Å². The highest BCUT2D eigenvalue weighted by Crippen LogP contribution is 2.29. The standard InChI is InChI=1S/C18H24N2O4/c21-17(22)14-9-15(11-20(10-14)16-7-4-8-16)19-18(23)24-12-13-5-2-1-3-6-13/h1-3,5-6,14-16H,4,7-12H2,(H,19,23)(H,21,22). The van der Waals surface area contributed by atoms with Crippen molar-refractivity contribution in [1.82, 2.24) is 10.2 Å². The number of carboxylic acid groups (broad SMARTS) is 1. The Morgan fingerprint density at radius 2 is 1.96 bits per heavy atom. The van der Waals surface area contributed by atoms with E-state index in [-0.39, 0.29) is 12.6 Å². The number of nitrogens with one attached hydrogen (secondary N) is 1. The fourth-order valence-electron chi connectivity index (χ4n) is 3.40. The minimum atomic E-state index is -0.788. The Morgan fingerprint density at radius 3 is 2.58 bits per heavy atom. The molecule has 0 aromatic heterocycles. The Balaban J connectivity index is 1.52. The maximum Gasteiger partial charge on any atom is 0.407 e. The van der Waals surface area contributed by atoms with Crippen LogP contribution in [0.15, 0.2) is 30.3 Å². The molecule has 130 valence electrons. The number of likely N-dealkylation sites (tertiary alicyclic amines) is 1. The summed E-state index contributed by atoms with van der Waals surface area (Å²) in [5, 5.41) is 12.2. The molecule has 1 aromatic rings. The van der Waals surface area contributed by atoms with Gasteiger partial charge in [0.1, 0.15) is 6.61 Å².